The molecule has 0 aliphatic carbocycles. The second-order valence-corrected chi connectivity index (χ2v) is 4.51. The molecule has 0 amide bonds. The normalized spacial score (nSPS) is 17.3. The molecule has 0 bridgehead atoms. The van der Waals surface area contributed by atoms with E-state index in [1.54, 1.807) is 6.07 Å². The Hall–Kier alpha value is -2.47. The summed E-state index contributed by atoms with van der Waals surface area (Å²) in [6.45, 7) is 0.768. The van der Waals surface area contributed by atoms with Crippen molar-refractivity contribution in [1.29, 1.82) is 0 Å². The highest BCUT2D eigenvalue weighted by Gasteiger charge is 2.30. The van der Waals surface area contributed by atoms with E-state index in [2.05, 4.69) is 22.0 Å². The summed E-state index contributed by atoms with van der Waals surface area (Å²) in [5.74, 6) is 0.794. The predicted octanol–water partition coefficient (Wildman–Crippen LogP) is 1.25. The van der Waals surface area contributed by atoms with Crippen molar-refractivity contribution in [3.63, 3.8) is 0 Å². The molecule has 1 aliphatic heterocycles. The van der Waals surface area contributed by atoms with Gasteiger partial charge in [-0.1, -0.05) is 12.1 Å². The van der Waals surface area contributed by atoms with Crippen LogP contribution in [0.5, 0.6) is 0 Å². The summed E-state index contributed by atoms with van der Waals surface area (Å²) in [4.78, 5) is 17.7. The summed E-state index contributed by atoms with van der Waals surface area (Å²) in [7, 11) is 2.03. The molecule has 0 radical (unpaired) electrons. The average molecular weight is 257 g/mol. The third-order valence-electron chi connectivity index (χ3n) is 3.30. The van der Waals surface area contributed by atoms with E-state index in [4.69, 9.17) is 0 Å². The molecule has 1 N–H and O–H groups in total. The molecule has 1 aromatic carbocycles. The van der Waals surface area contributed by atoms with E-state index in [9.17, 15) is 10.1 Å². The highest BCUT2D eigenvalue weighted by atomic mass is 16.6. The molecule has 2 aromatic rings. The number of hydrogen-bond acceptors (Lipinski definition) is 4. The zero-order valence-corrected chi connectivity index (χ0v) is 10.4. The van der Waals surface area contributed by atoms with E-state index in [0.717, 1.165) is 28.8 Å². The van der Waals surface area contributed by atoms with Crippen LogP contribution in [0, 0.1) is 10.1 Å². The van der Waals surface area contributed by atoms with Crippen molar-refractivity contribution < 1.29 is 9.82 Å². The van der Waals surface area contributed by atoms with Crippen molar-refractivity contribution in [1.82, 2.24) is 4.98 Å². The van der Waals surface area contributed by atoms with Crippen LogP contribution >= 0.6 is 0 Å². The fourth-order valence-electron chi connectivity index (χ4n) is 2.36. The third-order valence-corrected chi connectivity index (χ3v) is 3.30. The van der Waals surface area contributed by atoms with Crippen molar-refractivity contribution in [3.8, 4) is 0 Å². The Kier molecular flexibility index (Phi) is 2.64. The molecule has 1 atom stereocenters. The molecule has 0 saturated heterocycles. The van der Waals surface area contributed by atoms with Crippen LogP contribution < -0.4 is 9.80 Å². The molecule has 0 fully saturated rings. The van der Waals surface area contributed by atoms with Gasteiger partial charge in [-0.2, -0.15) is 4.98 Å². The van der Waals surface area contributed by atoms with Crippen LogP contribution in [0.2, 0.25) is 0 Å². The summed E-state index contributed by atoms with van der Waals surface area (Å²) >= 11 is 0. The minimum atomic E-state index is -0.434. The standard InChI is InChI=1S/C13H12N4O2/c1-15-9-16(12-5-3-2-4-11(12)15)13-7-6-10(8-14-13)17(18)19/h2-8H,9H2,1H3/p+1. The number of nitro groups is 1. The molecule has 6 nitrogen and oxygen atoms in total. The molecule has 19 heavy (non-hydrogen) atoms. The Bertz CT molecular complexity index is 627. The Labute approximate surface area is 110 Å². The number of pyridine rings is 1. The molecule has 2 heterocycles. The van der Waals surface area contributed by atoms with Crippen molar-refractivity contribution in [3.05, 3.63) is 52.7 Å². The van der Waals surface area contributed by atoms with E-state index >= 15 is 0 Å². The largest absolute Gasteiger partial charge is 0.322 e. The van der Waals surface area contributed by atoms with Crippen molar-refractivity contribution in [2.75, 3.05) is 18.6 Å². The van der Waals surface area contributed by atoms with Gasteiger partial charge in [-0.05, 0) is 6.07 Å². The number of rotatable bonds is 2. The molecule has 1 unspecified atom stereocenters. The number of anilines is 1. The number of nitrogens with zero attached hydrogens (tertiary/aromatic N) is 3. The first-order chi connectivity index (χ1) is 9.16. The quantitative estimate of drug-likeness (QED) is 0.649. The van der Waals surface area contributed by atoms with Crippen molar-refractivity contribution >= 4 is 22.9 Å². The van der Waals surface area contributed by atoms with Gasteiger partial charge in [0.05, 0.1) is 4.92 Å². The van der Waals surface area contributed by atoms with Crippen LogP contribution in [0.1, 0.15) is 0 Å². The maximum absolute atomic E-state index is 10.6. The highest BCUT2D eigenvalue weighted by Crippen LogP contribution is 2.26. The van der Waals surface area contributed by atoms with Crippen LogP contribution in [0.15, 0.2) is 42.6 Å². The molecule has 6 heteroatoms. The van der Waals surface area contributed by atoms with Gasteiger partial charge in [0.25, 0.3) is 5.69 Å². The first-order valence-corrected chi connectivity index (χ1v) is 5.94. The summed E-state index contributed by atoms with van der Waals surface area (Å²) in [6, 6.07) is 11.3. The number of hydrogen-bond donors (Lipinski definition) is 1. The number of para-hydroxylation sites is 2. The summed E-state index contributed by atoms with van der Waals surface area (Å²) in [5, 5.41) is 10.6. The SMILES string of the molecule is CN1C[NH+](c2ccc([N+](=O)[O-])cn2)c2ccccc21. The smallest absolute Gasteiger partial charge is 0.288 e. The minimum Gasteiger partial charge on any atom is -0.322 e. The van der Waals surface area contributed by atoms with Gasteiger partial charge in [0, 0.05) is 25.2 Å². The monoisotopic (exact) mass is 257 g/mol. The summed E-state index contributed by atoms with van der Waals surface area (Å²) < 4.78 is 0. The lowest BCUT2D eigenvalue weighted by Crippen LogP contribution is -3.02. The minimum absolute atomic E-state index is 0.0176. The fraction of sp³-hybridized carbons (Fsp3) is 0.154. The Balaban J connectivity index is 1.98. The molecular formula is C13H13N4O2+. The van der Waals surface area contributed by atoms with Crippen LogP contribution in [0.25, 0.3) is 0 Å². The molecule has 3 rings (SSSR count). The lowest BCUT2D eigenvalue weighted by atomic mass is 10.2. The van der Waals surface area contributed by atoms with Gasteiger partial charge in [-0.25, -0.2) is 4.90 Å². The van der Waals surface area contributed by atoms with Crippen LogP contribution in [-0.4, -0.2) is 23.6 Å². The Morgan fingerprint density at radius 1 is 1.32 bits per heavy atom. The van der Waals surface area contributed by atoms with Crippen molar-refractivity contribution in [2.24, 2.45) is 0 Å². The van der Waals surface area contributed by atoms with Gasteiger partial charge in [0.15, 0.2) is 12.4 Å². The number of benzene rings is 1. The van der Waals surface area contributed by atoms with Gasteiger partial charge in [0.2, 0.25) is 5.82 Å². The maximum Gasteiger partial charge on any atom is 0.288 e. The lowest BCUT2D eigenvalue weighted by Gasteiger charge is -2.11. The maximum atomic E-state index is 10.6. The topological polar surface area (TPSA) is 63.7 Å². The van der Waals surface area contributed by atoms with Crippen LogP contribution in [0.3, 0.4) is 0 Å². The van der Waals surface area contributed by atoms with Gasteiger partial charge in [0.1, 0.15) is 11.9 Å². The first-order valence-electron chi connectivity index (χ1n) is 5.94. The highest BCUT2D eigenvalue weighted by molar-refractivity contribution is 5.65. The number of nitrogens with one attached hydrogen (secondary N) is 1. The predicted molar refractivity (Wildman–Crippen MR) is 70.9 cm³/mol. The van der Waals surface area contributed by atoms with E-state index < -0.39 is 4.92 Å². The zero-order valence-electron chi connectivity index (χ0n) is 10.4. The fourth-order valence-corrected chi connectivity index (χ4v) is 2.36. The van der Waals surface area contributed by atoms with E-state index in [1.807, 2.05) is 19.2 Å². The molecular weight excluding hydrogens is 244 g/mol. The van der Waals surface area contributed by atoms with Gasteiger partial charge in [-0.15, -0.1) is 0 Å². The molecule has 1 aromatic heterocycles. The van der Waals surface area contributed by atoms with Crippen LogP contribution in [0.4, 0.5) is 22.9 Å². The second-order valence-electron chi connectivity index (χ2n) is 4.51. The van der Waals surface area contributed by atoms with Gasteiger partial charge < -0.3 is 4.90 Å². The van der Waals surface area contributed by atoms with Crippen LogP contribution in [-0.2, 0) is 0 Å². The lowest BCUT2D eigenvalue weighted by molar-refractivity contribution is -0.755. The molecule has 1 aliphatic rings. The number of fused-ring (bicyclic) bond motifs is 1. The first kappa shape index (κ1) is 11.6. The molecule has 0 spiro atoms. The van der Waals surface area contributed by atoms with E-state index in [-0.39, 0.29) is 5.69 Å². The molecule has 0 saturated carbocycles. The Morgan fingerprint density at radius 3 is 2.79 bits per heavy atom. The van der Waals surface area contributed by atoms with Gasteiger partial charge in [-0.3, -0.25) is 10.1 Å². The molecule has 96 valence electrons. The summed E-state index contributed by atoms with van der Waals surface area (Å²) in [5.41, 5.74) is 2.33. The van der Waals surface area contributed by atoms with E-state index in [0.29, 0.717) is 0 Å². The number of aromatic nitrogens is 1. The Morgan fingerprint density at radius 2 is 2.11 bits per heavy atom. The number of quaternary nitrogens is 1. The second kappa shape index (κ2) is 4.33. The summed E-state index contributed by atoms with van der Waals surface area (Å²) in [6.07, 6.45) is 1.31. The third kappa shape index (κ3) is 1.92. The van der Waals surface area contributed by atoms with Crippen molar-refractivity contribution in [2.45, 2.75) is 0 Å². The zero-order chi connectivity index (χ0) is 13.4. The van der Waals surface area contributed by atoms with E-state index in [1.165, 1.54) is 12.3 Å². The average Bonchev–Trinajstić information content (AvgIpc) is 2.77. The van der Waals surface area contributed by atoms with Gasteiger partial charge >= 0.3 is 0 Å².